The zero-order valence-corrected chi connectivity index (χ0v) is 13.5. The molecule has 0 saturated heterocycles. The molecule has 0 N–H and O–H groups in total. The summed E-state index contributed by atoms with van der Waals surface area (Å²) in [5.41, 5.74) is 4.77. The van der Waals surface area contributed by atoms with Crippen molar-refractivity contribution in [3.8, 4) is 17.5 Å². The van der Waals surface area contributed by atoms with E-state index < -0.39 is 0 Å². The lowest BCUT2D eigenvalue weighted by Crippen LogP contribution is -2.14. The van der Waals surface area contributed by atoms with Crippen molar-refractivity contribution in [3.05, 3.63) is 70.9 Å². The molecule has 3 aromatic rings. The molecule has 0 spiro atoms. The van der Waals surface area contributed by atoms with E-state index in [-0.39, 0.29) is 5.92 Å². The summed E-state index contributed by atoms with van der Waals surface area (Å²) in [7, 11) is 0. The summed E-state index contributed by atoms with van der Waals surface area (Å²) in [4.78, 5) is 9.12. The maximum absolute atomic E-state index is 9.30. The van der Waals surface area contributed by atoms with Gasteiger partial charge in [-0.25, -0.2) is 4.98 Å². The Morgan fingerprint density at radius 3 is 3.00 bits per heavy atom. The summed E-state index contributed by atoms with van der Waals surface area (Å²) in [5, 5.41) is 9.30. The minimum absolute atomic E-state index is 0.214. The Balaban J connectivity index is 1.66. The lowest BCUT2D eigenvalue weighted by Gasteiger charge is -2.20. The Morgan fingerprint density at radius 1 is 1.25 bits per heavy atom. The monoisotopic (exact) mass is 315 g/mol. The van der Waals surface area contributed by atoms with Gasteiger partial charge in [-0.05, 0) is 44.0 Å². The van der Waals surface area contributed by atoms with E-state index in [1.807, 2.05) is 18.2 Å². The van der Waals surface area contributed by atoms with Gasteiger partial charge in [-0.1, -0.05) is 17.7 Å². The molecule has 0 saturated carbocycles. The summed E-state index contributed by atoms with van der Waals surface area (Å²) < 4.78 is 6.05. The average molecular weight is 315 g/mol. The van der Waals surface area contributed by atoms with Crippen LogP contribution in [0.15, 0.2) is 47.0 Å². The van der Waals surface area contributed by atoms with Crippen molar-refractivity contribution in [2.75, 3.05) is 0 Å². The molecule has 0 radical (unpaired) electrons. The Morgan fingerprint density at radius 2 is 2.17 bits per heavy atom. The fourth-order valence-electron chi connectivity index (χ4n) is 3.35. The first kappa shape index (κ1) is 14.6. The van der Waals surface area contributed by atoms with Crippen LogP contribution in [0.1, 0.15) is 40.6 Å². The Labute approximate surface area is 140 Å². The van der Waals surface area contributed by atoms with E-state index >= 15 is 0 Å². The number of rotatable bonds is 2. The quantitative estimate of drug-likeness (QED) is 0.711. The highest BCUT2D eigenvalue weighted by Gasteiger charge is 2.27. The zero-order valence-electron chi connectivity index (χ0n) is 13.5. The number of oxazole rings is 1. The van der Waals surface area contributed by atoms with Crippen molar-refractivity contribution in [2.45, 2.75) is 32.1 Å². The summed E-state index contributed by atoms with van der Waals surface area (Å²) in [6.45, 7) is 2.06. The van der Waals surface area contributed by atoms with Crippen LogP contribution in [-0.4, -0.2) is 9.97 Å². The van der Waals surface area contributed by atoms with Gasteiger partial charge < -0.3 is 4.42 Å². The van der Waals surface area contributed by atoms with Crippen LogP contribution in [0.3, 0.4) is 0 Å². The van der Waals surface area contributed by atoms with Crippen LogP contribution in [0.25, 0.3) is 11.5 Å². The zero-order chi connectivity index (χ0) is 16.5. The number of nitrogens with zero attached hydrogens (tertiary/aromatic N) is 3. The molecule has 1 atom stereocenters. The van der Waals surface area contributed by atoms with Crippen LogP contribution in [0.4, 0.5) is 0 Å². The predicted octanol–water partition coefficient (Wildman–Crippen LogP) is 4.19. The minimum atomic E-state index is 0.214. The van der Waals surface area contributed by atoms with E-state index in [9.17, 15) is 5.26 Å². The van der Waals surface area contributed by atoms with Gasteiger partial charge in [0.25, 0.3) is 0 Å². The van der Waals surface area contributed by atoms with Crippen molar-refractivity contribution >= 4 is 0 Å². The van der Waals surface area contributed by atoms with Crippen molar-refractivity contribution in [1.29, 1.82) is 5.26 Å². The van der Waals surface area contributed by atoms with Crippen molar-refractivity contribution in [2.24, 2.45) is 0 Å². The van der Waals surface area contributed by atoms with Crippen LogP contribution < -0.4 is 0 Å². The van der Waals surface area contributed by atoms with Crippen LogP contribution in [0.5, 0.6) is 0 Å². The summed E-state index contributed by atoms with van der Waals surface area (Å²) in [5.74, 6) is 1.83. The first-order chi connectivity index (χ1) is 11.7. The summed E-state index contributed by atoms with van der Waals surface area (Å²) in [6.07, 6.45) is 4.30. The van der Waals surface area contributed by atoms with Gasteiger partial charge in [0.2, 0.25) is 5.89 Å². The van der Waals surface area contributed by atoms with Crippen LogP contribution in [0.2, 0.25) is 0 Å². The number of hydrogen-bond donors (Lipinski definition) is 0. The van der Waals surface area contributed by atoms with Gasteiger partial charge in [0.1, 0.15) is 11.8 Å². The lowest BCUT2D eigenvalue weighted by molar-refractivity contribution is 0.453. The molecule has 4 nitrogen and oxygen atoms in total. The molecule has 2 aromatic heterocycles. The number of aryl methyl sites for hydroxylation is 2. The molecular formula is C20H17N3O. The largest absolute Gasteiger partial charge is 0.441 e. The van der Waals surface area contributed by atoms with Crippen LogP contribution in [-0.2, 0) is 12.8 Å². The number of fused-ring (bicyclic) bond motifs is 1. The first-order valence-corrected chi connectivity index (χ1v) is 8.15. The average Bonchev–Trinajstić information content (AvgIpc) is 3.05. The highest BCUT2D eigenvalue weighted by Crippen LogP contribution is 2.35. The number of pyridine rings is 1. The molecule has 1 aliphatic rings. The number of nitriles is 1. The molecule has 24 heavy (non-hydrogen) atoms. The maximum Gasteiger partial charge on any atom is 0.226 e. The molecule has 1 unspecified atom stereocenters. The smallest absolute Gasteiger partial charge is 0.226 e. The molecule has 0 aliphatic heterocycles. The second-order valence-electron chi connectivity index (χ2n) is 6.25. The van der Waals surface area contributed by atoms with Gasteiger partial charge >= 0.3 is 0 Å². The van der Waals surface area contributed by atoms with Gasteiger partial charge in [-0.2, -0.15) is 5.26 Å². The number of benzene rings is 1. The van der Waals surface area contributed by atoms with E-state index in [0.29, 0.717) is 11.5 Å². The third kappa shape index (κ3) is 2.59. The van der Waals surface area contributed by atoms with Crippen molar-refractivity contribution < 1.29 is 4.42 Å². The fraction of sp³-hybridized carbons (Fsp3) is 0.250. The second kappa shape index (κ2) is 5.93. The molecular weight excluding hydrogens is 298 g/mol. The minimum Gasteiger partial charge on any atom is -0.441 e. The lowest BCUT2D eigenvalue weighted by atomic mass is 9.86. The van der Waals surface area contributed by atoms with Crippen molar-refractivity contribution in [1.82, 2.24) is 9.97 Å². The molecule has 0 fully saturated rings. The molecule has 0 amide bonds. The third-order valence-corrected chi connectivity index (χ3v) is 4.55. The Bertz CT molecular complexity index is 936. The van der Waals surface area contributed by atoms with E-state index in [1.54, 1.807) is 12.3 Å². The Kier molecular flexibility index (Phi) is 3.62. The van der Waals surface area contributed by atoms with Gasteiger partial charge in [0.05, 0.1) is 17.0 Å². The third-order valence-electron chi connectivity index (χ3n) is 4.55. The summed E-state index contributed by atoms with van der Waals surface area (Å²) in [6, 6.07) is 14.1. The molecule has 0 bridgehead atoms. The van der Waals surface area contributed by atoms with Gasteiger partial charge in [-0.15, -0.1) is 0 Å². The van der Waals surface area contributed by atoms with E-state index in [0.717, 1.165) is 42.0 Å². The highest BCUT2D eigenvalue weighted by molar-refractivity contribution is 5.55. The van der Waals surface area contributed by atoms with Crippen LogP contribution in [0, 0.1) is 18.3 Å². The first-order valence-electron chi connectivity index (χ1n) is 8.15. The number of hydrogen-bond acceptors (Lipinski definition) is 4. The summed E-state index contributed by atoms with van der Waals surface area (Å²) >= 11 is 0. The standard InChI is InChI=1S/C20H17N3O/c1-13-4-2-5-15(10-13)20-23-17-8-7-14(11-18(17)24-20)19-16(12-21)6-3-9-22-19/h2-6,9-10,14H,7-8,11H2,1H3. The molecule has 1 aromatic carbocycles. The van der Waals surface area contributed by atoms with E-state index in [4.69, 9.17) is 4.42 Å². The van der Waals surface area contributed by atoms with Gasteiger partial charge in [-0.3, -0.25) is 4.98 Å². The number of aromatic nitrogens is 2. The van der Waals surface area contributed by atoms with E-state index in [2.05, 4.69) is 35.1 Å². The SMILES string of the molecule is Cc1cccc(-c2nc3c(o2)CC(c2ncccc2C#N)CC3)c1. The Hall–Kier alpha value is -2.93. The van der Waals surface area contributed by atoms with Crippen molar-refractivity contribution in [3.63, 3.8) is 0 Å². The second-order valence-corrected chi connectivity index (χ2v) is 6.25. The van der Waals surface area contributed by atoms with Gasteiger partial charge in [0, 0.05) is 24.1 Å². The molecule has 4 heteroatoms. The molecule has 2 heterocycles. The normalized spacial score (nSPS) is 16.4. The van der Waals surface area contributed by atoms with E-state index in [1.165, 1.54) is 5.56 Å². The topological polar surface area (TPSA) is 62.7 Å². The fourth-order valence-corrected chi connectivity index (χ4v) is 3.35. The molecule has 1 aliphatic carbocycles. The maximum atomic E-state index is 9.30. The van der Waals surface area contributed by atoms with Gasteiger partial charge in [0.15, 0.2) is 0 Å². The van der Waals surface area contributed by atoms with Crippen LogP contribution >= 0.6 is 0 Å². The molecule has 4 rings (SSSR count). The highest BCUT2D eigenvalue weighted by atomic mass is 16.4. The predicted molar refractivity (Wildman–Crippen MR) is 90.4 cm³/mol. The molecule has 118 valence electrons.